The molecule has 0 spiro atoms. The molecular weight excluding hydrogens is 196 g/mol. The normalized spacial score (nSPS) is 39.0. The van der Waals surface area contributed by atoms with Crippen LogP contribution >= 0.6 is 0 Å². The van der Waals surface area contributed by atoms with E-state index < -0.39 is 37.0 Å². The summed E-state index contributed by atoms with van der Waals surface area (Å²) >= 11 is 0. The molecule has 0 aromatic heterocycles. The Morgan fingerprint density at radius 3 is 2.21 bits per heavy atom. The Bertz CT molecular complexity index is 194. The summed E-state index contributed by atoms with van der Waals surface area (Å²) in [6, 6.07) is 0. The molecule has 4 atom stereocenters. The van der Waals surface area contributed by atoms with Crippen molar-refractivity contribution in [3.63, 3.8) is 0 Å². The van der Waals surface area contributed by atoms with E-state index in [2.05, 4.69) is 4.74 Å². The molecule has 1 aliphatic heterocycles. The van der Waals surface area contributed by atoms with Gasteiger partial charge in [-0.1, -0.05) is 0 Å². The molecule has 1 heterocycles. The van der Waals surface area contributed by atoms with Gasteiger partial charge in [-0.05, 0) is 0 Å². The first-order valence-corrected chi connectivity index (χ1v) is 4.04. The fourth-order valence-electron chi connectivity index (χ4n) is 1.31. The van der Waals surface area contributed by atoms with Crippen LogP contribution in [-0.2, 0) is 9.47 Å². The predicted octanol–water partition coefficient (Wildman–Crippen LogP) is -3.25. The van der Waals surface area contributed by atoms with Gasteiger partial charge >= 0.3 is 0 Å². The molecule has 0 radical (unpaired) electrons. The van der Waals surface area contributed by atoms with Crippen LogP contribution in [0.1, 0.15) is 0 Å². The quantitative estimate of drug-likeness (QED) is 0.310. The van der Waals surface area contributed by atoms with Gasteiger partial charge in [-0.15, -0.1) is 0 Å². The van der Waals surface area contributed by atoms with Crippen LogP contribution in [0.4, 0.5) is 0 Å². The molecule has 5 N–H and O–H groups in total. The Morgan fingerprint density at radius 1 is 1.29 bits per heavy atom. The topological polar surface area (TPSA) is 120 Å². The number of ether oxygens (including phenoxy) is 2. The van der Waals surface area contributed by atoms with Crippen molar-refractivity contribution in [2.45, 2.75) is 30.4 Å². The van der Waals surface area contributed by atoms with E-state index in [1.165, 1.54) is 7.11 Å². The molecule has 7 heteroatoms. The molecule has 0 aliphatic carbocycles. The standard InChI is InChI=1S/C7H14O7/c1-13-6-4(10)3(9)5(14-6)7(11,12)2-8/h3-6,8-12H,2H2,1H3/t3-,4-,5-,6?/m1/s1. The smallest absolute Gasteiger partial charge is 0.216 e. The predicted molar refractivity (Wildman–Crippen MR) is 41.9 cm³/mol. The molecule has 1 aliphatic rings. The Hall–Kier alpha value is -0.280. The summed E-state index contributed by atoms with van der Waals surface area (Å²) in [6.07, 6.45) is -5.55. The lowest BCUT2D eigenvalue weighted by atomic mass is 10.0. The highest BCUT2D eigenvalue weighted by molar-refractivity contribution is 4.93. The maximum atomic E-state index is 9.34. The first-order chi connectivity index (χ1) is 6.44. The Kier molecular flexibility index (Phi) is 3.43. The van der Waals surface area contributed by atoms with Gasteiger partial charge in [0.2, 0.25) is 5.79 Å². The van der Waals surface area contributed by atoms with Crippen molar-refractivity contribution in [3.8, 4) is 0 Å². The van der Waals surface area contributed by atoms with Crippen molar-refractivity contribution in [2.75, 3.05) is 13.7 Å². The fourth-order valence-corrected chi connectivity index (χ4v) is 1.31. The number of aliphatic hydroxyl groups excluding tert-OH is 3. The molecule has 0 bridgehead atoms. The first kappa shape index (κ1) is 11.8. The van der Waals surface area contributed by atoms with Gasteiger partial charge in [0, 0.05) is 7.11 Å². The summed E-state index contributed by atoms with van der Waals surface area (Å²) in [5, 5.41) is 45.6. The van der Waals surface area contributed by atoms with E-state index in [4.69, 9.17) is 9.84 Å². The first-order valence-electron chi connectivity index (χ1n) is 4.04. The van der Waals surface area contributed by atoms with Crippen molar-refractivity contribution < 1.29 is 35.0 Å². The van der Waals surface area contributed by atoms with Gasteiger partial charge in [0.1, 0.15) is 18.3 Å². The second-order valence-corrected chi connectivity index (χ2v) is 3.18. The lowest BCUT2D eigenvalue weighted by Gasteiger charge is -2.27. The average Bonchev–Trinajstić information content (AvgIpc) is 2.44. The summed E-state index contributed by atoms with van der Waals surface area (Å²) in [5.74, 6) is -2.60. The third-order valence-electron chi connectivity index (χ3n) is 2.14. The van der Waals surface area contributed by atoms with Crippen molar-refractivity contribution in [2.24, 2.45) is 0 Å². The monoisotopic (exact) mass is 210 g/mol. The van der Waals surface area contributed by atoms with E-state index in [0.29, 0.717) is 0 Å². The third kappa shape index (κ3) is 1.89. The van der Waals surface area contributed by atoms with E-state index in [1.54, 1.807) is 0 Å². The summed E-state index contributed by atoms with van der Waals surface area (Å²) in [4.78, 5) is 0. The summed E-state index contributed by atoms with van der Waals surface area (Å²) in [5.41, 5.74) is 0. The summed E-state index contributed by atoms with van der Waals surface area (Å²) < 4.78 is 9.44. The molecule has 0 aromatic carbocycles. The highest BCUT2D eigenvalue weighted by atomic mass is 16.7. The van der Waals surface area contributed by atoms with E-state index >= 15 is 0 Å². The van der Waals surface area contributed by atoms with Crippen LogP contribution in [0.5, 0.6) is 0 Å². The van der Waals surface area contributed by atoms with Crippen molar-refractivity contribution in [3.05, 3.63) is 0 Å². The van der Waals surface area contributed by atoms with Crippen molar-refractivity contribution >= 4 is 0 Å². The molecule has 0 saturated carbocycles. The van der Waals surface area contributed by atoms with Crippen LogP contribution in [0.25, 0.3) is 0 Å². The maximum absolute atomic E-state index is 9.34. The average molecular weight is 210 g/mol. The van der Waals surface area contributed by atoms with Gasteiger partial charge in [-0.3, -0.25) is 0 Å². The van der Waals surface area contributed by atoms with Crippen molar-refractivity contribution in [1.82, 2.24) is 0 Å². The molecule has 1 unspecified atom stereocenters. The number of aliphatic hydroxyl groups is 5. The molecule has 1 fully saturated rings. The SMILES string of the molecule is COC1O[C@@H](C(O)(O)CO)[C@H](O)[C@H]1O. The third-order valence-corrected chi connectivity index (χ3v) is 2.14. The zero-order valence-corrected chi connectivity index (χ0v) is 7.57. The molecule has 0 amide bonds. The van der Waals surface area contributed by atoms with Crippen LogP contribution in [0.2, 0.25) is 0 Å². The maximum Gasteiger partial charge on any atom is 0.216 e. The molecule has 1 saturated heterocycles. The van der Waals surface area contributed by atoms with Crippen molar-refractivity contribution in [1.29, 1.82) is 0 Å². The minimum absolute atomic E-state index is 1.02. The Labute approximate surface area is 80.1 Å². The molecule has 1 rings (SSSR count). The number of methoxy groups -OCH3 is 1. The van der Waals surface area contributed by atoms with Gasteiger partial charge in [0.05, 0.1) is 6.61 Å². The highest BCUT2D eigenvalue weighted by Crippen LogP contribution is 2.27. The van der Waals surface area contributed by atoms with E-state index in [0.717, 1.165) is 0 Å². The van der Waals surface area contributed by atoms with E-state index in [9.17, 15) is 20.4 Å². The van der Waals surface area contributed by atoms with Crippen LogP contribution in [-0.4, -0.2) is 69.6 Å². The van der Waals surface area contributed by atoms with Gasteiger partial charge in [0.15, 0.2) is 6.29 Å². The highest BCUT2D eigenvalue weighted by Gasteiger charge is 2.52. The zero-order chi connectivity index (χ0) is 10.9. The van der Waals surface area contributed by atoms with Crippen LogP contribution < -0.4 is 0 Å². The van der Waals surface area contributed by atoms with E-state index in [1.807, 2.05) is 0 Å². The van der Waals surface area contributed by atoms with Crippen LogP contribution in [0.3, 0.4) is 0 Å². The largest absolute Gasteiger partial charge is 0.391 e. The molecule has 14 heavy (non-hydrogen) atoms. The second-order valence-electron chi connectivity index (χ2n) is 3.18. The second kappa shape index (κ2) is 4.07. The Balaban J connectivity index is 2.74. The van der Waals surface area contributed by atoms with Crippen LogP contribution in [0, 0.1) is 0 Å². The number of hydrogen-bond acceptors (Lipinski definition) is 7. The van der Waals surface area contributed by atoms with Gasteiger partial charge < -0.3 is 35.0 Å². The summed E-state index contributed by atoms with van der Waals surface area (Å²) in [6.45, 7) is -1.02. The van der Waals surface area contributed by atoms with Gasteiger partial charge in [-0.25, -0.2) is 0 Å². The number of rotatable bonds is 3. The summed E-state index contributed by atoms with van der Waals surface area (Å²) in [7, 11) is 1.23. The zero-order valence-electron chi connectivity index (χ0n) is 7.57. The fraction of sp³-hybridized carbons (Fsp3) is 1.00. The molecule has 84 valence electrons. The molecule has 0 aromatic rings. The van der Waals surface area contributed by atoms with Crippen LogP contribution in [0.15, 0.2) is 0 Å². The number of hydrogen-bond donors (Lipinski definition) is 5. The minimum Gasteiger partial charge on any atom is -0.391 e. The van der Waals surface area contributed by atoms with Gasteiger partial charge in [-0.2, -0.15) is 0 Å². The van der Waals surface area contributed by atoms with E-state index in [-0.39, 0.29) is 0 Å². The lowest BCUT2D eigenvalue weighted by Crippen LogP contribution is -2.51. The Morgan fingerprint density at radius 2 is 1.86 bits per heavy atom. The van der Waals surface area contributed by atoms with Gasteiger partial charge in [0.25, 0.3) is 0 Å². The molecule has 7 nitrogen and oxygen atoms in total. The lowest BCUT2D eigenvalue weighted by molar-refractivity contribution is -0.277. The minimum atomic E-state index is -2.60. The molecular formula is C7H14O7.